The van der Waals surface area contributed by atoms with Crippen LogP contribution in [0.5, 0.6) is 0 Å². The SMILES string of the molecule is CC(C)(C)c1ccc(-c2nnc(-c3ccc(-c4ccccc4)cc3)o2)cc1.Cc1cc(C)c(-c2cccnc2)c(C)c1B(c1c(C)cc(C)c(-c2cccnc2)c1C)c1c(C)cc(C)c(-c2cccnc2)c1C.c1ccc(-c2nc(-c3ccccc3)nc(-c3cccc(-c4ccc5c(c4)c4ccccc4n5-c4ccccc4)c3)n2)cc1. The van der Waals surface area contributed by atoms with E-state index >= 15 is 0 Å². The zero-order chi connectivity index (χ0) is 80.1. The Balaban J connectivity index is 0.000000135. The highest BCUT2D eigenvalue weighted by Crippen LogP contribution is 2.39. The summed E-state index contributed by atoms with van der Waals surface area (Å²) >= 11 is 0. The van der Waals surface area contributed by atoms with Gasteiger partial charge in [-0.05, 0) is 224 Å². The highest BCUT2D eigenvalue weighted by atomic mass is 16.4. The summed E-state index contributed by atoms with van der Waals surface area (Å²) in [6.07, 6.45) is 11.5. The number of aromatic nitrogens is 9. The highest BCUT2D eigenvalue weighted by molar-refractivity contribution is 6.97. The number of rotatable bonds is 14. The second-order valence-corrected chi connectivity index (χ2v) is 31.2. The molecule has 18 rings (SSSR count). The molecule has 0 radical (unpaired) electrons. The Bertz CT molecular complexity index is 6250. The molecule has 0 aliphatic carbocycles. The van der Waals surface area contributed by atoms with Crippen LogP contribution in [0, 0.1) is 62.3 Å². The van der Waals surface area contributed by atoms with Crippen molar-refractivity contribution in [2.24, 2.45) is 0 Å². The van der Waals surface area contributed by atoms with Crippen molar-refractivity contribution in [2.45, 2.75) is 88.5 Å². The summed E-state index contributed by atoms with van der Waals surface area (Å²) in [5.74, 6) is 3.04. The van der Waals surface area contributed by atoms with Crippen molar-refractivity contribution in [2.75, 3.05) is 0 Å². The van der Waals surface area contributed by atoms with Crippen LogP contribution < -0.4 is 16.4 Å². The van der Waals surface area contributed by atoms with Gasteiger partial charge in [0.25, 0.3) is 0 Å². The van der Waals surface area contributed by atoms with Gasteiger partial charge in [-0.3, -0.25) is 15.0 Å². The lowest BCUT2D eigenvalue weighted by Crippen LogP contribution is -2.58. The molecule has 0 bridgehead atoms. The predicted molar refractivity (Wildman–Crippen MR) is 482 cm³/mol. The molecule has 116 heavy (non-hydrogen) atoms. The van der Waals surface area contributed by atoms with Gasteiger partial charge >= 0.3 is 0 Å². The molecule has 0 atom stereocenters. The van der Waals surface area contributed by atoms with E-state index < -0.39 is 0 Å². The lowest BCUT2D eigenvalue weighted by atomic mass is 9.32. The Kier molecular flexibility index (Phi) is 21.7. The predicted octanol–water partition coefficient (Wildman–Crippen LogP) is 24.2. The summed E-state index contributed by atoms with van der Waals surface area (Å²) in [7, 11) is 0. The molecule has 10 nitrogen and oxygen atoms in total. The molecule has 6 aromatic heterocycles. The second-order valence-electron chi connectivity index (χ2n) is 31.2. The maximum absolute atomic E-state index is 5.90. The summed E-state index contributed by atoms with van der Waals surface area (Å²) in [6.45, 7) is 27.1. The van der Waals surface area contributed by atoms with Gasteiger partial charge in [-0.2, -0.15) is 0 Å². The van der Waals surface area contributed by atoms with Crippen molar-refractivity contribution < 1.29 is 4.42 Å². The van der Waals surface area contributed by atoms with Crippen molar-refractivity contribution in [1.82, 2.24) is 44.7 Å². The van der Waals surface area contributed by atoms with Gasteiger partial charge in [0.2, 0.25) is 18.5 Å². The molecule has 0 aliphatic heterocycles. The first-order chi connectivity index (χ1) is 56.4. The zero-order valence-electron chi connectivity index (χ0n) is 67.7. The maximum atomic E-state index is 5.90. The Labute approximate surface area is 680 Å². The fourth-order valence-electron chi connectivity index (χ4n) is 17.0. The van der Waals surface area contributed by atoms with E-state index in [1.165, 1.54) is 116 Å². The minimum Gasteiger partial charge on any atom is -0.416 e. The third kappa shape index (κ3) is 15.6. The smallest absolute Gasteiger partial charge is 0.248 e. The summed E-state index contributed by atoms with van der Waals surface area (Å²) < 4.78 is 8.24. The molecule has 6 heterocycles. The van der Waals surface area contributed by atoms with E-state index in [2.05, 4.69) is 283 Å². The lowest BCUT2D eigenvalue weighted by Gasteiger charge is -2.31. The van der Waals surface area contributed by atoms with E-state index in [0.29, 0.717) is 29.3 Å². The van der Waals surface area contributed by atoms with E-state index in [0.717, 1.165) is 66.9 Å². The van der Waals surface area contributed by atoms with Crippen LogP contribution in [0.2, 0.25) is 0 Å². The van der Waals surface area contributed by atoms with E-state index in [1.807, 2.05) is 159 Å². The Morgan fingerprint density at radius 2 is 0.638 bits per heavy atom. The first-order valence-electron chi connectivity index (χ1n) is 39.6. The minimum absolute atomic E-state index is 0.00284. The number of hydrogen-bond donors (Lipinski definition) is 0. The van der Waals surface area contributed by atoms with Crippen molar-refractivity contribution in [1.29, 1.82) is 0 Å². The third-order valence-corrected chi connectivity index (χ3v) is 22.3. The average Bonchev–Trinajstić information content (AvgIpc) is 1.05. The van der Waals surface area contributed by atoms with Crippen molar-refractivity contribution in [3.63, 3.8) is 0 Å². The largest absolute Gasteiger partial charge is 0.416 e. The van der Waals surface area contributed by atoms with E-state index in [1.54, 1.807) is 0 Å². The maximum Gasteiger partial charge on any atom is 0.248 e. The van der Waals surface area contributed by atoms with Gasteiger partial charge in [0, 0.05) is 98.1 Å². The first kappa shape index (κ1) is 76.1. The molecule has 0 amide bonds. The number of para-hydroxylation sites is 2. The van der Waals surface area contributed by atoms with Gasteiger partial charge < -0.3 is 8.98 Å². The quantitative estimate of drug-likeness (QED) is 0.0980. The fourth-order valence-corrected chi connectivity index (χ4v) is 17.0. The molecular formula is C105H90BN9O. The summed E-state index contributed by atoms with van der Waals surface area (Å²) in [6, 6.07) is 101. The monoisotopic (exact) mass is 1500 g/mol. The zero-order valence-corrected chi connectivity index (χ0v) is 67.7. The number of aryl methyl sites for hydroxylation is 6. The van der Waals surface area contributed by atoms with Gasteiger partial charge in [0.15, 0.2) is 17.5 Å². The normalized spacial score (nSPS) is 11.3. The van der Waals surface area contributed by atoms with E-state index in [9.17, 15) is 0 Å². The number of pyridine rings is 3. The molecule has 564 valence electrons. The average molecular weight is 1500 g/mol. The second kappa shape index (κ2) is 33.0. The Morgan fingerprint density at radius 3 is 1.09 bits per heavy atom. The summed E-state index contributed by atoms with van der Waals surface area (Å²) in [5.41, 5.74) is 37.2. The van der Waals surface area contributed by atoms with Crippen molar-refractivity contribution in [3.05, 3.63) is 384 Å². The minimum atomic E-state index is 0.00284. The molecule has 0 fully saturated rings. The highest BCUT2D eigenvalue weighted by Gasteiger charge is 2.35. The van der Waals surface area contributed by atoms with Crippen LogP contribution in [0.4, 0.5) is 0 Å². The van der Waals surface area contributed by atoms with Crippen LogP contribution in [0.3, 0.4) is 0 Å². The summed E-state index contributed by atoms with van der Waals surface area (Å²) in [5, 5.41) is 10.9. The number of benzene rings is 12. The molecule has 0 saturated carbocycles. The lowest BCUT2D eigenvalue weighted by molar-refractivity contribution is 0.582. The Morgan fingerprint density at radius 1 is 0.284 bits per heavy atom. The molecule has 18 aromatic rings. The van der Waals surface area contributed by atoms with Crippen LogP contribution in [-0.2, 0) is 5.41 Å². The molecule has 0 N–H and O–H groups in total. The van der Waals surface area contributed by atoms with Crippen molar-refractivity contribution >= 4 is 44.9 Å². The van der Waals surface area contributed by atoms with Gasteiger partial charge in [-0.25, -0.2) is 15.0 Å². The number of nitrogens with zero attached hydrogens (tertiary/aromatic N) is 9. The van der Waals surface area contributed by atoms with E-state index in [4.69, 9.17) is 19.4 Å². The van der Waals surface area contributed by atoms with Crippen LogP contribution in [0.25, 0.3) is 140 Å². The molecular weight excluding hydrogens is 1410 g/mol. The topological polar surface area (TPSA) is 121 Å². The van der Waals surface area contributed by atoms with Gasteiger partial charge in [-0.1, -0.05) is 266 Å². The Hall–Kier alpha value is -13.9. The van der Waals surface area contributed by atoms with Crippen LogP contribution in [-0.4, -0.2) is 51.4 Å². The molecule has 0 spiro atoms. The van der Waals surface area contributed by atoms with Crippen molar-refractivity contribution in [3.8, 4) is 118 Å². The molecule has 12 aromatic carbocycles. The van der Waals surface area contributed by atoms with Crippen LogP contribution in [0.15, 0.2) is 333 Å². The molecule has 11 heteroatoms. The fraction of sp³-hybridized carbons (Fsp3) is 0.124. The molecule has 0 saturated heterocycles. The number of hydrogen-bond acceptors (Lipinski definition) is 9. The van der Waals surface area contributed by atoms with Crippen LogP contribution in [0.1, 0.15) is 76.4 Å². The number of fused-ring (bicyclic) bond motifs is 3. The first-order valence-corrected chi connectivity index (χ1v) is 39.6. The standard InChI is InChI=1S/C42H42BN3.C39H26N4.C24H22N2O/c1-25-19-28(4)40(31(7)37(25)34-13-10-16-44-22-34)43(41-29(5)20-26(2)38(32(41)8)35-14-11-17-45-23-35)42-30(6)21-27(3)39(33(42)9)36-15-12-18-46-24-36;1-4-13-27(14-5-1)37-40-38(28-15-6-2-7-16-28)42-39(41-37)31-18-12-17-29(25-31)30-23-24-36-34(26-30)33-21-10-11-22-35(33)43(36)32-19-8-3-9-20-32;1-24(2,3)21-15-13-20(14-16-21)23-26-25-22(27-23)19-11-9-18(10-12-19)17-7-5-4-6-8-17/h10-24H,1-9H3;1-26H;4-16H,1-3H3. The van der Waals surface area contributed by atoms with Crippen LogP contribution >= 0.6 is 0 Å². The third-order valence-electron chi connectivity index (χ3n) is 22.3. The van der Waals surface area contributed by atoms with Gasteiger partial charge in [0.1, 0.15) is 0 Å². The molecule has 0 unspecified atom stereocenters. The van der Waals surface area contributed by atoms with E-state index in [-0.39, 0.29) is 12.1 Å². The van der Waals surface area contributed by atoms with Gasteiger partial charge in [0.05, 0.1) is 11.0 Å². The van der Waals surface area contributed by atoms with Gasteiger partial charge in [-0.15, -0.1) is 10.2 Å². The molecule has 0 aliphatic rings. The summed E-state index contributed by atoms with van der Waals surface area (Å²) in [4.78, 5) is 28.3.